The Hall–Kier alpha value is -2.34. The molecular formula is C19H20N2O3S. The van der Waals surface area contributed by atoms with Crippen molar-refractivity contribution in [1.82, 2.24) is 9.13 Å². The fourth-order valence-electron chi connectivity index (χ4n) is 3.61. The first-order valence-electron chi connectivity index (χ1n) is 8.60. The van der Waals surface area contributed by atoms with Gasteiger partial charge in [0.05, 0.1) is 18.2 Å². The van der Waals surface area contributed by atoms with Crippen molar-refractivity contribution in [2.24, 2.45) is 0 Å². The topological polar surface area (TPSA) is 53.2 Å². The summed E-state index contributed by atoms with van der Waals surface area (Å²) in [6.45, 7) is 2.49. The molecule has 1 aromatic carbocycles. The molecule has 0 saturated carbocycles. The fourth-order valence-corrected chi connectivity index (χ4v) is 5.04. The number of aryl methyl sites for hydroxylation is 3. The molecule has 0 saturated heterocycles. The maximum atomic E-state index is 13.2. The van der Waals surface area contributed by atoms with Crippen molar-refractivity contribution in [3.05, 3.63) is 55.5 Å². The van der Waals surface area contributed by atoms with Crippen LogP contribution < -0.4 is 16.0 Å². The lowest BCUT2D eigenvalue weighted by Crippen LogP contribution is -2.38. The molecule has 0 bridgehead atoms. The normalized spacial score (nSPS) is 13.8. The third-order valence-corrected chi connectivity index (χ3v) is 6.20. The van der Waals surface area contributed by atoms with Crippen LogP contribution in [0.15, 0.2) is 33.9 Å². The SMILES string of the molecule is CCn1c(=O)n(-c2ccc(OC)cc2)c(=O)c2c3c(sc21)CCCC3. The summed E-state index contributed by atoms with van der Waals surface area (Å²) in [6.07, 6.45) is 4.19. The molecule has 1 aliphatic rings. The molecule has 0 fully saturated rings. The van der Waals surface area contributed by atoms with Crippen molar-refractivity contribution < 1.29 is 4.74 Å². The summed E-state index contributed by atoms with van der Waals surface area (Å²) in [5.41, 5.74) is 1.26. The monoisotopic (exact) mass is 356 g/mol. The van der Waals surface area contributed by atoms with E-state index in [4.69, 9.17) is 4.74 Å². The quantitative estimate of drug-likeness (QED) is 0.724. The number of nitrogens with zero attached hydrogens (tertiary/aromatic N) is 2. The Kier molecular flexibility index (Phi) is 4.00. The molecule has 2 heterocycles. The average molecular weight is 356 g/mol. The highest BCUT2D eigenvalue weighted by Gasteiger charge is 2.23. The van der Waals surface area contributed by atoms with E-state index in [0.29, 0.717) is 18.0 Å². The van der Waals surface area contributed by atoms with E-state index >= 15 is 0 Å². The fraction of sp³-hybridized carbons (Fsp3) is 0.368. The number of ether oxygens (including phenoxy) is 1. The van der Waals surface area contributed by atoms with E-state index in [-0.39, 0.29) is 11.2 Å². The smallest absolute Gasteiger partial charge is 0.336 e. The zero-order chi connectivity index (χ0) is 17.6. The number of methoxy groups -OCH3 is 1. The first-order chi connectivity index (χ1) is 12.2. The molecule has 0 unspecified atom stereocenters. The summed E-state index contributed by atoms with van der Waals surface area (Å²) >= 11 is 1.62. The number of aromatic nitrogens is 2. The molecule has 4 rings (SSSR count). The minimum absolute atomic E-state index is 0.200. The van der Waals surface area contributed by atoms with E-state index in [0.717, 1.165) is 41.5 Å². The van der Waals surface area contributed by atoms with E-state index in [1.807, 2.05) is 6.92 Å². The van der Waals surface area contributed by atoms with Gasteiger partial charge in [0.25, 0.3) is 5.56 Å². The maximum absolute atomic E-state index is 13.2. The molecule has 5 nitrogen and oxygen atoms in total. The van der Waals surface area contributed by atoms with E-state index in [9.17, 15) is 9.59 Å². The Morgan fingerprint density at radius 1 is 1.12 bits per heavy atom. The van der Waals surface area contributed by atoms with Gasteiger partial charge in [0.2, 0.25) is 0 Å². The Labute approximate surface area is 149 Å². The van der Waals surface area contributed by atoms with E-state index < -0.39 is 0 Å². The van der Waals surface area contributed by atoms with Gasteiger partial charge in [-0.1, -0.05) is 0 Å². The average Bonchev–Trinajstić information content (AvgIpc) is 3.02. The van der Waals surface area contributed by atoms with Crippen molar-refractivity contribution >= 4 is 21.6 Å². The Morgan fingerprint density at radius 2 is 1.84 bits per heavy atom. The van der Waals surface area contributed by atoms with Crippen LogP contribution in [-0.2, 0) is 19.4 Å². The molecule has 6 heteroatoms. The van der Waals surface area contributed by atoms with Crippen molar-refractivity contribution in [2.75, 3.05) is 7.11 Å². The molecule has 25 heavy (non-hydrogen) atoms. The van der Waals surface area contributed by atoms with Crippen molar-refractivity contribution in [2.45, 2.75) is 39.2 Å². The third kappa shape index (κ3) is 2.43. The molecule has 0 amide bonds. The second-order valence-corrected chi connectivity index (χ2v) is 7.34. The lowest BCUT2D eigenvalue weighted by atomic mass is 9.97. The van der Waals surface area contributed by atoms with Crippen LogP contribution in [0.5, 0.6) is 5.75 Å². The summed E-state index contributed by atoms with van der Waals surface area (Å²) in [7, 11) is 1.59. The molecule has 0 atom stereocenters. The van der Waals surface area contributed by atoms with Crippen LogP contribution in [-0.4, -0.2) is 16.2 Å². The van der Waals surface area contributed by atoms with Gasteiger partial charge in [-0.3, -0.25) is 9.36 Å². The predicted octanol–water partition coefficient (Wildman–Crippen LogP) is 3.12. The lowest BCUT2D eigenvalue weighted by Gasteiger charge is -2.12. The van der Waals surface area contributed by atoms with E-state index in [2.05, 4.69) is 0 Å². The molecule has 0 aliphatic heterocycles. The van der Waals surface area contributed by atoms with Gasteiger partial charge in [-0.15, -0.1) is 11.3 Å². The Balaban J connectivity index is 2.07. The minimum Gasteiger partial charge on any atom is -0.497 e. The number of rotatable bonds is 3. The van der Waals surface area contributed by atoms with Crippen LogP contribution in [0.4, 0.5) is 0 Å². The Bertz CT molecular complexity index is 1060. The van der Waals surface area contributed by atoms with E-state index in [1.165, 1.54) is 9.44 Å². The summed E-state index contributed by atoms with van der Waals surface area (Å²) < 4.78 is 8.20. The van der Waals surface area contributed by atoms with Gasteiger partial charge in [0, 0.05) is 11.4 Å². The number of benzene rings is 1. The van der Waals surface area contributed by atoms with Gasteiger partial charge in [0.1, 0.15) is 10.6 Å². The largest absolute Gasteiger partial charge is 0.497 e. The van der Waals surface area contributed by atoms with Crippen molar-refractivity contribution in [1.29, 1.82) is 0 Å². The van der Waals surface area contributed by atoms with Crippen molar-refractivity contribution in [3.63, 3.8) is 0 Å². The highest BCUT2D eigenvalue weighted by molar-refractivity contribution is 7.18. The highest BCUT2D eigenvalue weighted by atomic mass is 32.1. The van der Waals surface area contributed by atoms with Gasteiger partial charge < -0.3 is 4.74 Å². The molecular weight excluding hydrogens is 336 g/mol. The zero-order valence-electron chi connectivity index (χ0n) is 14.4. The van der Waals surface area contributed by atoms with Crippen molar-refractivity contribution in [3.8, 4) is 11.4 Å². The first-order valence-corrected chi connectivity index (χ1v) is 9.42. The van der Waals surface area contributed by atoms with Crippen LogP contribution in [0.1, 0.15) is 30.2 Å². The molecule has 0 N–H and O–H groups in total. The molecule has 3 aromatic rings. The van der Waals surface area contributed by atoms with Crippen LogP contribution in [0.25, 0.3) is 15.9 Å². The lowest BCUT2D eigenvalue weighted by molar-refractivity contribution is 0.414. The number of hydrogen-bond donors (Lipinski definition) is 0. The highest BCUT2D eigenvalue weighted by Crippen LogP contribution is 2.34. The minimum atomic E-state index is -0.274. The predicted molar refractivity (Wildman–Crippen MR) is 101 cm³/mol. The van der Waals surface area contributed by atoms with Gasteiger partial charge in [-0.2, -0.15) is 0 Å². The van der Waals surface area contributed by atoms with Crippen LogP contribution in [0.2, 0.25) is 0 Å². The Morgan fingerprint density at radius 3 is 2.52 bits per heavy atom. The second-order valence-electron chi connectivity index (χ2n) is 6.26. The van der Waals surface area contributed by atoms with E-state index in [1.54, 1.807) is 47.3 Å². The first kappa shape index (κ1) is 16.1. The standard InChI is InChI=1S/C19H20N2O3S/c1-3-20-18-16(14-6-4-5-7-15(14)25-18)17(22)21(19(20)23)12-8-10-13(24-2)11-9-12/h8-11H,3-7H2,1-2H3. The second kappa shape index (κ2) is 6.19. The van der Waals surface area contributed by atoms with Crippen LogP contribution >= 0.6 is 11.3 Å². The molecule has 2 aromatic heterocycles. The molecule has 0 radical (unpaired) electrons. The van der Waals surface area contributed by atoms with Gasteiger partial charge in [-0.05, 0) is 62.4 Å². The van der Waals surface area contributed by atoms with Crippen LogP contribution in [0, 0.1) is 0 Å². The van der Waals surface area contributed by atoms with Gasteiger partial charge in [-0.25, -0.2) is 9.36 Å². The van der Waals surface area contributed by atoms with Gasteiger partial charge in [0.15, 0.2) is 0 Å². The van der Waals surface area contributed by atoms with Crippen LogP contribution in [0.3, 0.4) is 0 Å². The number of thiophene rings is 1. The summed E-state index contributed by atoms with van der Waals surface area (Å²) in [5.74, 6) is 0.696. The summed E-state index contributed by atoms with van der Waals surface area (Å²) in [6, 6.07) is 7.05. The maximum Gasteiger partial charge on any atom is 0.336 e. The summed E-state index contributed by atoms with van der Waals surface area (Å²) in [4.78, 5) is 28.3. The summed E-state index contributed by atoms with van der Waals surface area (Å²) in [5, 5.41) is 0.733. The molecule has 130 valence electrons. The number of hydrogen-bond acceptors (Lipinski definition) is 4. The molecule has 0 spiro atoms. The molecule has 1 aliphatic carbocycles. The van der Waals surface area contributed by atoms with Gasteiger partial charge >= 0.3 is 5.69 Å². The number of fused-ring (bicyclic) bond motifs is 3. The third-order valence-electron chi connectivity index (χ3n) is 4.88. The zero-order valence-corrected chi connectivity index (χ0v) is 15.2.